The molecule has 1 rings (SSSR count). The van der Waals surface area contributed by atoms with Gasteiger partial charge in [0.25, 0.3) is 0 Å². The summed E-state index contributed by atoms with van der Waals surface area (Å²) in [5.41, 5.74) is 3.26. The maximum absolute atomic E-state index is 5.42. The van der Waals surface area contributed by atoms with Crippen LogP contribution in [0.5, 0.6) is 0 Å². The summed E-state index contributed by atoms with van der Waals surface area (Å²) >= 11 is 1.99. The van der Waals surface area contributed by atoms with Crippen LogP contribution in [0.15, 0.2) is 0 Å². The van der Waals surface area contributed by atoms with Gasteiger partial charge in [-0.25, -0.2) is 0 Å². The highest BCUT2D eigenvalue weighted by molar-refractivity contribution is 7.99. The first-order valence-corrected chi connectivity index (χ1v) is 4.86. The summed E-state index contributed by atoms with van der Waals surface area (Å²) in [6.07, 6.45) is 1.27. The molecule has 0 spiro atoms. The molecule has 0 bridgehead atoms. The van der Waals surface area contributed by atoms with Gasteiger partial charge in [0.05, 0.1) is 0 Å². The van der Waals surface area contributed by atoms with Crippen LogP contribution in [-0.2, 0) is 0 Å². The summed E-state index contributed by atoms with van der Waals surface area (Å²) < 4.78 is 0. The normalized spacial score (nSPS) is 32.1. The molecule has 1 heterocycles. The molecule has 3 heteroatoms. The van der Waals surface area contributed by atoms with E-state index in [0.717, 1.165) is 5.75 Å². The van der Waals surface area contributed by atoms with Crippen LogP contribution in [0.25, 0.3) is 0 Å². The minimum absolute atomic E-state index is 0.389. The summed E-state index contributed by atoms with van der Waals surface area (Å²) in [4.78, 5) is 0. The summed E-state index contributed by atoms with van der Waals surface area (Å²) in [5.74, 6) is 7.85. The van der Waals surface area contributed by atoms with Gasteiger partial charge in [-0.15, -0.1) is 0 Å². The van der Waals surface area contributed by atoms with Crippen LogP contribution >= 0.6 is 11.8 Å². The Morgan fingerprint density at radius 3 is 2.70 bits per heavy atom. The number of hydrazine groups is 1. The van der Waals surface area contributed by atoms with Crippen molar-refractivity contribution in [1.82, 2.24) is 5.43 Å². The maximum atomic E-state index is 5.42. The Kier molecular flexibility index (Phi) is 2.61. The molecule has 1 unspecified atom stereocenters. The number of rotatable bonds is 1. The zero-order chi connectivity index (χ0) is 7.61. The monoisotopic (exact) mass is 160 g/mol. The fraction of sp³-hybridized carbons (Fsp3) is 1.00. The first-order chi connectivity index (χ1) is 4.67. The Bertz CT molecular complexity index is 114. The van der Waals surface area contributed by atoms with Crippen LogP contribution in [0.4, 0.5) is 0 Å². The van der Waals surface area contributed by atoms with E-state index in [0.29, 0.717) is 11.5 Å². The van der Waals surface area contributed by atoms with E-state index in [1.54, 1.807) is 0 Å². The van der Waals surface area contributed by atoms with Crippen LogP contribution in [0.3, 0.4) is 0 Å². The lowest BCUT2D eigenvalue weighted by Crippen LogP contribution is -2.49. The molecular formula is C7H16N2S. The van der Waals surface area contributed by atoms with Gasteiger partial charge in [0.1, 0.15) is 0 Å². The molecule has 0 radical (unpaired) electrons. The largest absolute Gasteiger partial charge is 0.271 e. The molecule has 1 fully saturated rings. The molecule has 2 nitrogen and oxygen atoms in total. The van der Waals surface area contributed by atoms with Crippen molar-refractivity contribution >= 4 is 11.8 Å². The van der Waals surface area contributed by atoms with Crippen LogP contribution < -0.4 is 11.3 Å². The van der Waals surface area contributed by atoms with Gasteiger partial charge in [0.2, 0.25) is 0 Å². The maximum Gasteiger partial charge on any atom is 0.0352 e. The standard InChI is InChI=1S/C7H16N2S/c1-7(2)3-4-10-5-6(7)9-8/h6,9H,3-5,8H2,1-2H3. The number of hydrogen-bond donors (Lipinski definition) is 2. The molecular weight excluding hydrogens is 144 g/mol. The predicted octanol–water partition coefficient (Wildman–Crippen LogP) is 0.981. The predicted molar refractivity (Wildman–Crippen MR) is 46.8 cm³/mol. The Morgan fingerprint density at radius 1 is 1.60 bits per heavy atom. The molecule has 0 amide bonds. The molecule has 3 N–H and O–H groups in total. The van der Waals surface area contributed by atoms with Gasteiger partial charge in [-0.3, -0.25) is 11.3 Å². The average molecular weight is 160 g/mol. The highest BCUT2D eigenvalue weighted by atomic mass is 32.2. The van der Waals surface area contributed by atoms with Gasteiger partial charge in [-0.2, -0.15) is 11.8 Å². The van der Waals surface area contributed by atoms with Crippen molar-refractivity contribution in [2.45, 2.75) is 26.3 Å². The number of hydrogen-bond acceptors (Lipinski definition) is 3. The summed E-state index contributed by atoms with van der Waals surface area (Å²) in [6, 6.07) is 0.492. The fourth-order valence-electron chi connectivity index (χ4n) is 1.21. The third-order valence-corrected chi connectivity index (χ3v) is 3.38. The molecule has 1 aliphatic rings. The summed E-state index contributed by atoms with van der Waals surface area (Å²) in [7, 11) is 0. The van der Waals surface area contributed by atoms with Gasteiger partial charge >= 0.3 is 0 Å². The Labute approximate surface area is 66.9 Å². The van der Waals surface area contributed by atoms with E-state index in [1.807, 2.05) is 11.8 Å². The topological polar surface area (TPSA) is 38.0 Å². The molecule has 10 heavy (non-hydrogen) atoms. The van der Waals surface area contributed by atoms with Gasteiger partial charge in [-0.1, -0.05) is 13.8 Å². The molecule has 1 saturated heterocycles. The van der Waals surface area contributed by atoms with E-state index in [-0.39, 0.29) is 0 Å². The van der Waals surface area contributed by atoms with E-state index >= 15 is 0 Å². The van der Waals surface area contributed by atoms with E-state index in [1.165, 1.54) is 12.2 Å². The van der Waals surface area contributed by atoms with Crippen molar-refractivity contribution in [2.24, 2.45) is 11.3 Å². The van der Waals surface area contributed by atoms with Crippen LogP contribution in [-0.4, -0.2) is 17.5 Å². The SMILES string of the molecule is CC1(C)CCSCC1NN. The Morgan fingerprint density at radius 2 is 2.30 bits per heavy atom. The van der Waals surface area contributed by atoms with E-state index in [4.69, 9.17) is 5.84 Å². The number of nitrogens with one attached hydrogen (secondary N) is 1. The fourth-order valence-corrected chi connectivity index (χ4v) is 2.83. The van der Waals surface area contributed by atoms with Gasteiger partial charge in [0.15, 0.2) is 0 Å². The highest BCUT2D eigenvalue weighted by Crippen LogP contribution is 2.33. The van der Waals surface area contributed by atoms with Crippen molar-refractivity contribution in [3.8, 4) is 0 Å². The lowest BCUT2D eigenvalue weighted by molar-refractivity contribution is 0.248. The van der Waals surface area contributed by atoms with E-state index in [9.17, 15) is 0 Å². The Hall–Kier alpha value is 0.270. The zero-order valence-electron chi connectivity index (χ0n) is 6.68. The van der Waals surface area contributed by atoms with Crippen LogP contribution in [0, 0.1) is 5.41 Å². The molecule has 1 aliphatic heterocycles. The second-order valence-corrected chi connectivity index (χ2v) is 4.68. The second-order valence-electron chi connectivity index (χ2n) is 3.53. The second kappa shape index (κ2) is 3.11. The van der Waals surface area contributed by atoms with Gasteiger partial charge < -0.3 is 0 Å². The molecule has 0 aliphatic carbocycles. The molecule has 0 aromatic heterocycles. The molecule has 0 aromatic rings. The van der Waals surface area contributed by atoms with Gasteiger partial charge in [0, 0.05) is 11.8 Å². The number of thioether (sulfide) groups is 1. The first kappa shape index (κ1) is 8.37. The van der Waals surface area contributed by atoms with Crippen molar-refractivity contribution in [1.29, 1.82) is 0 Å². The number of nitrogens with two attached hydrogens (primary N) is 1. The molecule has 0 saturated carbocycles. The van der Waals surface area contributed by atoms with Crippen LogP contribution in [0.2, 0.25) is 0 Å². The van der Waals surface area contributed by atoms with Gasteiger partial charge in [-0.05, 0) is 17.6 Å². The minimum Gasteiger partial charge on any atom is -0.271 e. The molecule has 0 aromatic carbocycles. The highest BCUT2D eigenvalue weighted by Gasteiger charge is 2.31. The molecule has 60 valence electrons. The minimum atomic E-state index is 0.389. The van der Waals surface area contributed by atoms with Crippen molar-refractivity contribution in [3.63, 3.8) is 0 Å². The molecule has 1 atom stereocenters. The third-order valence-electron chi connectivity index (χ3n) is 2.32. The summed E-state index contributed by atoms with van der Waals surface area (Å²) in [6.45, 7) is 4.55. The zero-order valence-corrected chi connectivity index (χ0v) is 7.50. The van der Waals surface area contributed by atoms with Crippen molar-refractivity contribution in [2.75, 3.05) is 11.5 Å². The van der Waals surface area contributed by atoms with Crippen molar-refractivity contribution in [3.05, 3.63) is 0 Å². The average Bonchev–Trinajstić information content (AvgIpc) is 1.87. The third kappa shape index (κ3) is 1.65. The lowest BCUT2D eigenvalue weighted by atomic mass is 9.83. The van der Waals surface area contributed by atoms with E-state index in [2.05, 4.69) is 19.3 Å². The lowest BCUT2D eigenvalue weighted by Gasteiger charge is -2.37. The smallest absolute Gasteiger partial charge is 0.0352 e. The van der Waals surface area contributed by atoms with E-state index < -0.39 is 0 Å². The quantitative estimate of drug-likeness (QED) is 0.443. The summed E-state index contributed by atoms with van der Waals surface area (Å²) in [5, 5.41) is 0. The van der Waals surface area contributed by atoms with Crippen LogP contribution in [0.1, 0.15) is 20.3 Å². The van der Waals surface area contributed by atoms with Crippen molar-refractivity contribution < 1.29 is 0 Å². The Balaban J connectivity index is 2.51. The first-order valence-electron chi connectivity index (χ1n) is 3.71.